The van der Waals surface area contributed by atoms with E-state index < -0.39 is 14.9 Å². The molecule has 138 valence electrons. The summed E-state index contributed by atoms with van der Waals surface area (Å²) in [6, 6.07) is 0.665. The fraction of sp³-hybridized carbons (Fsp3) is 0.933. The SMILES string of the molecule is CCO[Si](CCCNC(=O)OCC(CC)OC)(OCC)OCC. The molecule has 0 saturated carbocycles. The first-order valence-electron chi connectivity index (χ1n) is 8.42. The van der Waals surface area contributed by atoms with Gasteiger partial charge in [-0.1, -0.05) is 6.92 Å². The van der Waals surface area contributed by atoms with Crippen LogP contribution in [0.1, 0.15) is 40.5 Å². The zero-order valence-electron chi connectivity index (χ0n) is 15.2. The third-order valence-electron chi connectivity index (χ3n) is 3.21. The maximum atomic E-state index is 11.6. The van der Waals surface area contributed by atoms with Crippen LogP contribution >= 0.6 is 0 Å². The summed E-state index contributed by atoms with van der Waals surface area (Å²) in [4.78, 5) is 11.6. The van der Waals surface area contributed by atoms with Gasteiger partial charge in [-0.15, -0.1) is 0 Å². The maximum Gasteiger partial charge on any atom is 0.500 e. The fourth-order valence-electron chi connectivity index (χ4n) is 2.07. The molecule has 0 rings (SSSR count). The summed E-state index contributed by atoms with van der Waals surface area (Å²) in [6.45, 7) is 10.2. The first-order valence-corrected chi connectivity index (χ1v) is 10.4. The van der Waals surface area contributed by atoms with Gasteiger partial charge in [0.2, 0.25) is 0 Å². The minimum Gasteiger partial charge on any atom is -0.447 e. The minimum absolute atomic E-state index is 0.0605. The van der Waals surface area contributed by atoms with Gasteiger partial charge in [-0.2, -0.15) is 0 Å². The third-order valence-corrected chi connectivity index (χ3v) is 6.36. The molecule has 23 heavy (non-hydrogen) atoms. The van der Waals surface area contributed by atoms with Crippen molar-refractivity contribution in [1.82, 2.24) is 5.32 Å². The molecule has 0 aliphatic rings. The summed E-state index contributed by atoms with van der Waals surface area (Å²) in [5, 5.41) is 2.72. The number of rotatable bonds is 14. The molecule has 7 nitrogen and oxygen atoms in total. The Kier molecular flexibility index (Phi) is 13.3. The van der Waals surface area contributed by atoms with Gasteiger partial charge in [0.15, 0.2) is 0 Å². The highest BCUT2D eigenvalue weighted by Crippen LogP contribution is 2.17. The number of carbonyl (C=O) groups excluding carboxylic acids is 1. The Balaban J connectivity index is 4.11. The van der Waals surface area contributed by atoms with Crippen molar-refractivity contribution in [3.8, 4) is 0 Å². The molecule has 0 spiro atoms. The van der Waals surface area contributed by atoms with Crippen molar-refractivity contribution in [2.24, 2.45) is 0 Å². The lowest BCUT2D eigenvalue weighted by atomic mass is 10.3. The lowest BCUT2D eigenvalue weighted by molar-refractivity contribution is 0.0332. The monoisotopic (exact) mass is 351 g/mol. The first kappa shape index (κ1) is 22.3. The predicted octanol–water partition coefficient (Wildman–Crippen LogP) is 2.58. The van der Waals surface area contributed by atoms with Gasteiger partial charge in [0.25, 0.3) is 0 Å². The number of carbonyl (C=O) groups is 1. The van der Waals surface area contributed by atoms with Gasteiger partial charge in [-0.25, -0.2) is 4.79 Å². The molecule has 0 aliphatic heterocycles. The highest BCUT2D eigenvalue weighted by Gasteiger charge is 2.39. The van der Waals surface area contributed by atoms with Crippen molar-refractivity contribution in [3.63, 3.8) is 0 Å². The number of alkyl carbamates (subject to hydrolysis) is 1. The molecule has 1 unspecified atom stereocenters. The van der Waals surface area contributed by atoms with E-state index in [0.29, 0.717) is 38.8 Å². The third kappa shape index (κ3) is 9.93. The molecule has 0 bridgehead atoms. The van der Waals surface area contributed by atoms with E-state index in [2.05, 4.69) is 5.32 Å². The van der Waals surface area contributed by atoms with Gasteiger partial charge in [-0.3, -0.25) is 0 Å². The van der Waals surface area contributed by atoms with Crippen molar-refractivity contribution >= 4 is 14.9 Å². The molecule has 1 N–H and O–H groups in total. The number of nitrogens with one attached hydrogen (secondary N) is 1. The molecule has 0 aromatic rings. The highest BCUT2D eigenvalue weighted by molar-refractivity contribution is 6.60. The molecule has 8 heteroatoms. The zero-order valence-corrected chi connectivity index (χ0v) is 16.2. The Morgan fingerprint density at radius 3 is 2.04 bits per heavy atom. The molecule has 0 aromatic carbocycles. The van der Waals surface area contributed by atoms with Crippen LogP contribution in [-0.2, 0) is 22.8 Å². The Hall–Kier alpha value is -0.673. The van der Waals surface area contributed by atoms with Gasteiger partial charge in [-0.05, 0) is 33.6 Å². The smallest absolute Gasteiger partial charge is 0.447 e. The predicted molar refractivity (Wildman–Crippen MR) is 90.5 cm³/mol. The van der Waals surface area contributed by atoms with Gasteiger partial charge in [0, 0.05) is 39.5 Å². The van der Waals surface area contributed by atoms with E-state index >= 15 is 0 Å². The second kappa shape index (κ2) is 13.7. The van der Waals surface area contributed by atoms with Crippen LogP contribution in [0.3, 0.4) is 0 Å². The van der Waals surface area contributed by atoms with Gasteiger partial charge >= 0.3 is 14.9 Å². The Morgan fingerprint density at radius 2 is 1.61 bits per heavy atom. The van der Waals surface area contributed by atoms with Crippen LogP contribution in [0.4, 0.5) is 4.79 Å². The van der Waals surface area contributed by atoms with E-state index in [1.165, 1.54) is 0 Å². The van der Waals surface area contributed by atoms with Crippen molar-refractivity contribution in [2.45, 2.75) is 52.7 Å². The van der Waals surface area contributed by atoms with Crippen LogP contribution in [-0.4, -0.2) is 61.1 Å². The molecule has 0 fully saturated rings. The standard InChI is InChI=1S/C15H33NO6Si/c1-6-14(18-5)13-19-15(17)16-11-10-12-23(20-7-2,21-8-3)22-9-4/h14H,6-13H2,1-5H3,(H,16,17). The maximum absolute atomic E-state index is 11.6. The summed E-state index contributed by atoms with van der Waals surface area (Å²) in [7, 11) is -1.02. The summed E-state index contributed by atoms with van der Waals surface area (Å²) in [5.41, 5.74) is 0. The molecule has 1 amide bonds. The Bertz CT molecular complexity index is 285. The van der Waals surface area contributed by atoms with Crippen LogP contribution in [0.25, 0.3) is 0 Å². The summed E-state index contributed by atoms with van der Waals surface area (Å²) < 4.78 is 27.5. The lowest BCUT2D eigenvalue weighted by Gasteiger charge is -2.28. The van der Waals surface area contributed by atoms with Crippen LogP contribution < -0.4 is 5.32 Å². The number of hydrogen-bond donors (Lipinski definition) is 1. The van der Waals surface area contributed by atoms with Crippen LogP contribution in [0, 0.1) is 0 Å². The van der Waals surface area contributed by atoms with Crippen molar-refractivity contribution in [2.75, 3.05) is 40.1 Å². The molecule has 0 radical (unpaired) electrons. The number of ether oxygens (including phenoxy) is 2. The number of hydrogen-bond acceptors (Lipinski definition) is 6. The summed E-state index contributed by atoms with van der Waals surface area (Å²) in [6.07, 6.45) is 1.02. The molecule has 0 saturated heterocycles. The van der Waals surface area contributed by atoms with Crippen molar-refractivity contribution in [1.29, 1.82) is 0 Å². The van der Waals surface area contributed by atoms with Crippen LogP contribution in [0.2, 0.25) is 6.04 Å². The average molecular weight is 352 g/mol. The molecule has 0 aliphatic carbocycles. The number of amides is 1. The zero-order chi connectivity index (χ0) is 17.6. The highest BCUT2D eigenvalue weighted by atomic mass is 28.4. The largest absolute Gasteiger partial charge is 0.500 e. The number of methoxy groups -OCH3 is 1. The van der Waals surface area contributed by atoms with Crippen molar-refractivity contribution in [3.05, 3.63) is 0 Å². The van der Waals surface area contributed by atoms with E-state index in [4.69, 9.17) is 22.8 Å². The van der Waals surface area contributed by atoms with E-state index in [1.54, 1.807) is 7.11 Å². The van der Waals surface area contributed by atoms with Crippen LogP contribution in [0.15, 0.2) is 0 Å². The summed E-state index contributed by atoms with van der Waals surface area (Å²) in [5.74, 6) is 0. The second-order valence-electron chi connectivity index (χ2n) is 4.88. The lowest BCUT2D eigenvalue weighted by Crippen LogP contribution is -2.46. The first-order chi connectivity index (χ1) is 11.1. The fourth-order valence-corrected chi connectivity index (χ4v) is 4.68. The molecule has 0 aromatic heterocycles. The van der Waals surface area contributed by atoms with Gasteiger partial charge < -0.3 is 28.1 Å². The molecular weight excluding hydrogens is 318 g/mol. The Labute approximate surface area is 141 Å². The quantitative estimate of drug-likeness (QED) is 0.383. The minimum atomic E-state index is -2.63. The Morgan fingerprint density at radius 1 is 1.04 bits per heavy atom. The average Bonchev–Trinajstić information content (AvgIpc) is 2.53. The topological polar surface area (TPSA) is 75.3 Å². The normalized spacial score (nSPS) is 12.9. The van der Waals surface area contributed by atoms with Gasteiger partial charge in [0.05, 0.1) is 6.10 Å². The van der Waals surface area contributed by atoms with Gasteiger partial charge in [0.1, 0.15) is 6.61 Å². The van der Waals surface area contributed by atoms with Crippen molar-refractivity contribution < 1.29 is 27.5 Å². The second-order valence-corrected chi connectivity index (χ2v) is 7.61. The van der Waals surface area contributed by atoms with E-state index in [1.807, 2.05) is 27.7 Å². The molecule has 1 atom stereocenters. The summed E-state index contributed by atoms with van der Waals surface area (Å²) >= 11 is 0. The van der Waals surface area contributed by atoms with E-state index in [9.17, 15) is 4.79 Å². The van der Waals surface area contributed by atoms with E-state index in [0.717, 1.165) is 6.42 Å². The van der Waals surface area contributed by atoms with E-state index in [-0.39, 0.29) is 12.7 Å². The molecular formula is C15H33NO6Si. The molecule has 0 heterocycles. The van der Waals surface area contributed by atoms with Crippen LogP contribution in [0.5, 0.6) is 0 Å².